The zero-order valence-electron chi connectivity index (χ0n) is 14.9. The van der Waals surface area contributed by atoms with E-state index in [0.29, 0.717) is 22.9 Å². The molecule has 2 N–H and O–H groups in total. The van der Waals surface area contributed by atoms with Gasteiger partial charge in [-0.25, -0.2) is 5.10 Å². The minimum atomic E-state index is -0.687. The molecule has 1 heterocycles. The molecule has 27 heavy (non-hydrogen) atoms. The first-order chi connectivity index (χ1) is 13.0. The number of nitrogens with zero attached hydrogens (tertiary/aromatic N) is 1. The number of amides is 1. The smallest absolute Gasteiger partial charge is 0.265 e. The summed E-state index contributed by atoms with van der Waals surface area (Å²) in [5.74, 6) is 1.01. The van der Waals surface area contributed by atoms with Crippen LogP contribution in [0.15, 0.2) is 65.5 Å². The number of anilines is 1. The van der Waals surface area contributed by atoms with E-state index in [2.05, 4.69) is 15.5 Å². The zero-order chi connectivity index (χ0) is 19.2. The SMILES string of the molecule is COc1ccc(OC(C)C(=O)Nc2cccc(-c3ccc(=O)[nH]n3)c2)cc1. The summed E-state index contributed by atoms with van der Waals surface area (Å²) < 4.78 is 10.8. The molecular weight excluding hydrogens is 346 g/mol. The second-order valence-electron chi connectivity index (χ2n) is 5.81. The number of nitrogens with one attached hydrogen (secondary N) is 2. The Morgan fingerprint density at radius 1 is 1.07 bits per heavy atom. The van der Waals surface area contributed by atoms with E-state index in [4.69, 9.17) is 9.47 Å². The Morgan fingerprint density at radius 2 is 1.81 bits per heavy atom. The number of aromatic nitrogens is 2. The molecule has 138 valence electrons. The number of ether oxygens (including phenoxy) is 2. The average molecular weight is 365 g/mol. The Labute approximate surface area is 156 Å². The van der Waals surface area contributed by atoms with Crippen molar-refractivity contribution in [3.8, 4) is 22.8 Å². The van der Waals surface area contributed by atoms with E-state index >= 15 is 0 Å². The highest BCUT2D eigenvalue weighted by atomic mass is 16.5. The van der Waals surface area contributed by atoms with Crippen molar-refractivity contribution >= 4 is 11.6 Å². The fraction of sp³-hybridized carbons (Fsp3) is 0.150. The lowest BCUT2D eigenvalue weighted by Gasteiger charge is -2.15. The van der Waals surface area contributed by atoms with Gasteiger partial charge < -0.3 is 14.8 Å². The van der Waals surface area contributed by atoms with E-state index < -0.39 is 6.10 Å². The first kappa shape index (κ1) is 18.2. The van der Waals surface area contributed by atoms with Crippen LogP contribution in [0.1, 0.15) is 6.92 Å². The molecule has 0 saturated carbocycles. The van der Waals surface area contributed by atoms with Gasteiger partial charge in [-0.1, -0.05) is 12.1 Å². The second kappa shape index (κ2) is 8.18. The molecule has 0 spiro atoms. The molecule has 0 saturated heterocycles. The van der Waals surface area contributed by atoms with E-state index in [1.165, 1.54) is 6.07 Å². The summed E-state index contributed by atoms with van der Waals surface area (Å²) in [6.45, 7) is 1.67. The standard InChI is InChI=1S/C20H19N3O4/c1-13(27-17-8-6-16(26-2)7-9-17)20(25)21-15-5-3-4-14(12-15)18-10-11-19(24)23-22-18/h3-13H,1-2H3,(H,21,25)(H,23,24). The Balaban J connectivity index is 1.66. The number of benzene rings is 2. The third kappa shape index (κ3) is 4.72. The first-order valence-corrected chi connectivity index (χ1v) is 8.33. The molecule has 0 aliphatic carbocycles. The highest BCUT2D eigenvalue weighted by molar-refractivity contribution is 5.94. The summed E-state index contributed by atoms with van der Waals surface area (Å²) in [6.07, 6.45) is -0.687. The predicted octanol–water partition coefficient (Wildman–Crippen LogP) is 2.85. The zero-order valence-corrected chi connectivity index (χ0v) is 14.9. The van der Waals surface area contributed by atoms with Crippen LogP contribution in [-0.4, -0.2) is 29.3 Å². The van der Waals surface area contributed by atoms with E-state index in [1.807, 2.05) is 6.07 Å². The minimum absolute atomic E-state index is 0.271. The maximum atomic E-state index is 12.4. The molecule has 0 fully saturated rings. The number of hydrogen-bond donors (Lipinski definition) is 2. The lowest BCUT2D eigenvalue weighted by molar-refractivity contribution is -0.122. The molecule has 0 radical (unpaired) electrons. The summed E-state index contributed by atoms with van der Waals surface area (Å²) in [5, 5.41) is 9.20. The van der Waals surface area contributed by atoms with Gasteiger partial charge >= 0.3 is 0 Å². The number of methoxy groups -OCH3 is 1. The fourth-order valence-corrected chi connectivity index (χ4v) is 2.42. The summed E-state index contributed by atoms with van der Waals surface area (Å²) >= 11 is 0. The van der Waals surface area contributed by atoms with Crippen molar-refractivity contribution in [1.29, 1.82) is 0 Å². The van der Waals surface area contributed by atoms with Crippen LogP contribution in [0, 0.1) is 0 Å². The quantitative estimate of drug-likeness (QED) is 0.701. The topological polar surface area (TPSA) is 93.3 Å². The Bertz CT molecular complexity index is 963. The van der Waals surface area contributed by atoms with E-state index in [9.17, 15) is 9.59 Å². The molecule has 1 amide bonds. The van der Waals surface area contributed by atoms with Crippen LogP contribution < -0.4 is 20.3 Å². The van der Waals surface area contributed by atoms with Crippen LogP contribution in [0.5, 0.6) is 11.5 Å². The molecule has 0 aliphatic heterocycles. The Morgan fingerprint density at radius 3 is 2.48 bits per heavy atom. The molecule has 3 rings (SSSR count). The largest absolute Gasteiger partial charge is 0.497 e. The highest BCUT2D eigenvalue weighted by Crippen LogP contribution is 2.21. The van der Waals surface area contributed by atoms with Crippen molar-refractivity contribution in [2.24, 2.45) is 0 Å². The van der Waals surface area contributed by atoms with Crippen LogP contribution in [0.3, 0.4) is 0 Å². The van der Waals surface area contributed by atoms with E-state index in [1.54, 1.807) is 62.6 Å². The van der Waals surface area contributed by atoms with Crippen molar-refractivity contribution < 1.29 is 14.3 Å². The average Bonchev–Trinajstić information content (AvgIpc) is 2.69. The first-order valence-electron chi connectivity index (χ1n) is 8.33. The molecule has 0 aliphatic rings. The third-order valence-corrected chi connectivity index (χ3v) is 3.85. The van der Waals surface area contributed by atoms with Crippen molar-refractivity contribution in [3.63, 3.8) is 0 Å². The molecule has 7 nitrogen and oxygen atoms in total. The number of rotatable bonds is 6. The van der Waals surface area contributed by atoms with E-state index in [-0.39, 0.29) is 11.5 Å². The number of hydrogen-bond acceptors (Lipinski definition) is 5. The minimum Gasteiger partial charge on any atom is -0.497 e. The fourth-order valence-electron chi connectivity index (χ4n) is 2.42. The van der Waals surface area contributed by atoms with Crippen LogP contribution in [0.25, 0.3) is 11.3 Å². The van der Waals surface area contributed by atoms with Crippen LogP contribution in [-0.2, 0) is 4.79 Å². The van der Waals surface area contributed by atoms with Crippen LogP contribution in [0.2, 0.25) is 0 Å². The second-order valence-corrected chi connectivity index (χ2v) is 5.81. The summed E-state index contributed by atoms with van der Waals surface area (Å²) in [7, 11) is 1.59. The van der Waals surface area contributed by atoms with Gasteiger partial charge in [-0.05, 0) is 49.4 Å². The van der Waals surface area contributed by atoms with Crippen molar-refractivity contribution in [2.75, 3.05) is 12.4 Å². The van der Waals surface area contributed by atoms with Gasteiger partial charge in [-0.3, -0.25) is 9.59 Å². The molecule has 1 aromatic heterocycles. The summed E-state index contributed by atoms with van der Waals surface area (Å²) in [5.41, 5.74) is 1.71. The van der Waals surface area contributed by atoms with Crippen LogP contribution in [0.4, 0.5) is 5.69 Å². The monoisotopic (exact) mass is 365 g/mol. The summed E-state index contributed by atoms with van der Waals surface area (Å²) in [4.78, 5) is 23.5. The van der Waals surface area contributed by atoms with Crippen LogP contribution >= 0.6 is 0 Å². The molecule has 3 aromatic rings. The predicted molar refractivity (Wildman–Crippen MR) is 102 cm³/mol. The lowest BCUT2D eigenvalue weighted by Crippen LogP contribution is -2.30. The molecule has 0 bridgehead atoms. The van der Waals surface area contributed by atoms with E-state index in [0.717, 1.165) is 5.56 Å². The maximum Gasteiger partial charge on any atom is 0.265 e. The third-order valence-electron chi connectivity index (χ3n) is 3.85. The normalized spacial score (nSPS) is 11.5. The van der Waals surface area contributed by atoms with Gasteiger partial charge in [0.05, 0.1) is 12.8 Å². The van der Waals surface area contributed by atoms with Crippen molar-refractivity contribution in [3.05, 3.63) is 71.0 Å². The van der Waals surface area contributed by atoms with Gasteiger partial charge in [-0.2, -0.15) is 5.10 Å². The van der Waals surface area contributed by atoms with Gasteiger partial charge in [0.15, 0.2) is 6.10 Å². The van der Waals surface area contributed by atoms with Crippen molar-refractivity contribution in [2.45, 2.75) is 13.0 Å². The van der Waals surface area contributed by atoms with Gasteiger partial charge in [0, 0.05) is 17.3 Å². The molecule has 1 unspecified atom stereocenters. The van der Waals surface area contributed by atoms with Crippen molar-refractivity contribution in [1.82, 2.24) is 10.2 Å². The molecule has 1 atom stereocenters. The highest BCUT2D eigenvalue weighted by Gasteiger charge is 2.15. The number of carbonyl (C=O) groups is 1. The number of H-pyrrole nitrogens is 1. The van der Waals surface area contributed by atoms with Gasteiger partial charge in [0.1, 0.15) is 11.5 Å². The molecule has 7 heteroatoms. The van der Waals surface area contributed by atoms with Gasteiger partial charge in [0.25, 0.3) is 11.5 Å². The maximum absolute atomic E-state index is 12.4. The number of carbonyl (C=O) groups excluding carboxylic acids is 1. The molecule has 2 aromatic carbocycles. The molecular formula is C20H19N3O4. The lowest BCUT2D eigenvalue weighted by atomic mass is 10.1. The van der Waals surface area contributed by atoms with Gasteiger partial charge in [0.2, 0.25) is 0 Å². The Hall–Kier alpha value is -3.61. The number of aromatic amines is 1. The Kier molecular flexibility index (Phi) is 5.51. The van der Waals surface area contributed by atoms with Gasteiger partial charge in [-0.15, -0.1) is 0 Å². The summed E-state index contributed by atoms with van der Waals surface area (Å²) in [6, 6.07) is 17.2.